The van der Waals surface area contributed by atoms with E-state index in [4.69, 9.17) is 5.11 Å². The van der Waals surface area contributed by atoms with E-state index in [1.54, 1.807) is 6.20 Å². The fourth-order valence-electron chi connectivity index (χ4n) is 4.02. The van der Waals surface area contributed by atoms with Crippen LogP contribution < -0.4 is 21.3 Å². The molecule has 0 radical (unpaired) electrons. The van der Waals surface area contributed by atoms with Crippen LogP contribution in [0.15, 0.2) is 30.5 Å². The Bertz CT molecular complexity index is 1130. The Morgan fingerprint density at radius 2 is 1.69 bits per heavy atom. The lowest BCUT2D eigenvalue weighted by Crippen LogP contribution is -2.58. The molecule has 4 unspecified atom stereocenters. The van der Waals surface area contributed by atoms with Crippen LogP contribution in [0, 0.1) is 0 Å². The maximum Gasteiger partial charge on any atom is 0.326 e. The number of aliphatic carboxylic acids is 2. The molecule has 36 heavy (non-hydrogen) atoms. The van der Waals surface area contributed by atoms with Gasteiger partial charge in [0.05, 0.1) is 12.5 Å². The maximum atomic E-state index is 13.1. The average molecular weight is 520 g/mol. The van der Waals surface area contributed by atoms with Gasteiger partial charge >= 0.3 is 11.9 Å². The molecule has 7 N–H and O–H groups in total. The van der Waals surface area contributed by atoms with Crippen molar-refractivity contribution in [3.05, 3.63) is 36.0 Å². The lowest BCUT2D eigenvalue weighted by molar-refractivity contribution is -0.147. The van der Waals surface area contributed by atoms with Gasteiger partial charge in [0, 0.05) is 29.3 Å². The van der Waals surface area contributed by atoms with Gasteiger partial charge in [0.25, 0.3) is 0 Å². The van der Waals surface area contributed by atoms with Crippen molar-refractivity contribution in [2.24, 2.45) is 0 Å². The topological polar surface area (TPSA) is 190 Å². The van der Waals surface area contributed by atoms with Gasteiger partial charge in [0.2, 0.25) is 17.7 Å². The number of aromatic nitrogens is 1. The van der Waals surface area contributed by atoms with Crippen LogP contribution in [-0.4, -0.2) is 81.3 Å². The predicted octanol–water partition coefficient (Wildman–Crippen LogP) is -0.594. The van der Waals surface area contributed by atoms with Crippen LogP contribution in [0.4, 0.5) is 0 Å². The number of rotatable bonds is 12. The van der Waals surface area contributed by atoms with Crippen molar-refractivity contribution in [1.82, 2.24) is 26.3 Å². The molecule has 12 nitrogen and oxygen atoms in total. The Balaban J connectivity index is 1.79. The molecular weight excluding hydrogens is 490 g/mol. The smallest absolute Gasteiger partial charge is 0.326 e. The number of thiol groups is 1. The van der Waals surface area contributed by atoms with Gasteiger partial charge in [-0.05, 0) is 31.0 Å². The van der Waals surface area contributed by atoms with Crippen LogP contribution in [0.25, 0.3) is 10.9 Å². The Kier molecular flexibility index (Phi) is 9.31. The molecule has 0 spiro atoms. The van der Waals surface area contributed by atoms with Crippen molar-refractivity contribution in [3.8, 4) is 0 Å². The van der Waals surface area contributed by atoms with Gasteiger partial charge in [-0.25, -0.2) is 4.79 Å². The summed E-state index contributed by atoms with van der Waals surface area (Å²) in [7, 11) is 0. The molecule has 3 rings (SSSR count). The number of aromatic amines is 1. The number of fused-ring (bicyclic) bond motifs is 1. The van der Waals surface area contributed by atoms with Crippen LogP contribution in [0.2, 0.25) is 0 Å². The van der Waals surface area contributed by atoms with E-state index < -0.39 is 54.3 Å². The summed E-state index contributed by atoms with van der Waals surface area (Å²) in [5.41, 5.74) is 1.48. The number of nitrogens with one attached hydrogen (secondary N) is 5. The van der Waals surface area contributed by atoms with Crippen LogP contribution in [0.3, 0.4) is 0 Å². The third-order valence-electron chi connectivity index (χ3n) is 5.92. The number of benzene rings is 1. The highest BCUT2D eigenvalue weighted by molar-refractivity contribution is 7.80. The largest absolute Gasteiger partial charge is 0.481 e. The summed E-state index contributed by atoms with van der Waals surface area (Å²) in [6, 6.07) is 2.90. The van der Waals surface area contributed by atoms with E-state index >= 15 is 0 Å². The number of carboxylic acids is 2. The first kappa shape index (κ1) is 27.0. The first-order valence-corrected chi connectivity index (χ1v) is 12.1. The number of hydrogen-bond acceptors (Lipinski definition) is 7. The van der Waals surface area contributed by atoms with Crippen molar-refractivity contribution in [2.75, 3.05) is 12.3 Å². The minimum Gasteiger partial charge on any atom is -0.481 e. The zero-order chi connectivity index (χ0) is 26.2. The third-order valence-corrected chi connectivity index (χ3v) is 6.28. The van der Waals surface area contributed by atoms with Gasteiger partial charge in [-0.3, -0.25) is 19.2 Å². The van der Waals surface area contributed by atoms with Crippen LogP contribution in [0.5, 0.6) is 0 Å². The molecule has 2 heterocycles. The summed E-state index contributed by atoms with van der Waals surface area (Å²) >= 11 is 4.16. The number of carbonyl (C=O) groups is 5. The summed E-state index contributed by atoms with van der Waals surface area (Å²) in [6.45, 7) is 0.698. The highest BCUT2D eigenvalue weighted by atomic mass is 32.1. The third kappa shape index (κ3) is 6.98. The van der Waals surface area contributed by atoms with Gasteiger partial charge in [0.15, 0.2) is 0 Å². The van der Waals surface area contributed by atoms with Gasteiger partial charge in [-0.2, -0.15) is 12.6 Å². The molecule has 0 aliphatic carbocycles. The number of carboxylic acid groups (broad SMARTS) is 2. The monoisotopic (exact) mass is 519 g/mol. The molecule has 1 fully saturated rings. The first-order valence-electron chi connectivity index (χ1n) is 11.4. The first-order chi connectivity index (χ1) is 17.2. The van der Waals surface area contributed by atoms with Gasteiger partial charge < -0.3 is 36.5 Å². The number of carbonyl (C=O) groups excluding carboxylic acids is 3. The summed E-state index contributed by atoms with van der Waals surface area (Å²) < 4.78 is 0. The Morgan fingerprint density at radius 3 is 2.33 bits per heavy atom. The molecular formula is C23H29N5O7S. The van der Waals surface area contributed by atoms with Gasteiger partial charge in [-0.1, -0.05) is 18.2 Å². The fourth-order valence-corrected chi connectivity index (χ4v) is 4.28. The van der Waals surface area contributed by atoms with Crippen molar-refractivity contribution < 1.29 is 34.2 Å². The molecule has 2 aromatic rings. The molecule has 0 bridgehead atoms. The second kappa shape index (κ2) is 12.4. The minimum absolute atomic E-state index is 0.0155. The van der Waals surface area contributed by atoms with E-state index in [1.807, 2.05) is 24.3 Å². The fraction of sp³-hybridized carbons (Fsp3) is 0.435. The standard InChI is InChI=1S/C23H29N5O7S/c29-19(30)9-17(23(34)35)27-21(32)16(8-12-10-25-14-5-2-1-4-13(12)14)26-22(33)18(11-36)28-20(31)15-6-3-7-24-15/h1-2,4-5,10,15-18,24-25,36H,3,6-9,11H2,(H,26,33)(H,27,32)(H,28,31)(H,29,30)(H,34,35). The highest BCUT2D eigenvalue weighted by Crippen LogP contribution is 2.19. The quantitative estimate of drug-likeness (QED) is 0.171. The second-order valence-electron chi connectivity index (χ2n) is 8.51. The summed E-state index contributed by atoms with van der Waals surface area (Å²) in [5.74, 6) is -4.87. The zero-order valence-electron chi connectivity index (χ0n) is 19.3. The highest BCUT2D eigenvalue weighted by Gasteiger charge is 2.32. The molecule has 13 heteroatoms. The average Bonchev–Trinajstić information content (AvgIpc) is 3.52. The molecule has 0 saturated carbocycles. The van der Waals surface area contributed by atoms with Crippen molar-refractivity contribution >= 4 is 53.2 Å². The lowest BCUT2D eigenvalue weighted by Gasteiger charge is -2.24. The molecule has 1 aliphatic rings. The van der Waals surface area contributed by atoms with E-state index in [0.717, 1.165) is 17.3 Å². The summed E-state index contributed by atoms with van der Waals surface area (Å²) in [6.07, 6.45) is 2.30. The molecule has 1 aromatic carbocycles. The van der Waals surface area contributed by atoms with Crippen LogP contribution in [-0.2, 0) is 30.4 Å². The van der Waals surface area contributed by atoms with Gasteiger partial charge in [0.1, 0.15) is 18.1 Å². The number of para-hydroxylation sites is 1. The van der Waals surface area contributed by atoms with Crippen molar-refractivity contribution in [3.63, 3.8) is 0 Å². The van der Waals surface area contributed by atoms with E-state index in [1.165, 1.54) is 0 Å². The number of hydrogen-bond donors (Lipinski definition) is 8. The van der Waals surface area contributed by atoms with Crippen molar-refractivity contribution in [1.29, 1.82) is 0 Å². The molecule has 1 aliphatic heterocycles. The summed E-state index contributed by atoms with van der Waals surface area (Å²) in [4.78, 5) is 64.2. The Labute approximate surface area is 212 Å². The number of H-pyrrole nitrogens is 1. The molecule has 3 amide bonds. The van der Waals surface area contributed by atoms with Gasteiger partial charge in [-0.15, -0.1) is 0 Å². The molecule has 1 aromatic heterocycles. The lowest BCUT2D eigenvalue weighted by atomic mass is 10.0. The van der Waals surface area contributed by atoms with E-state index in [2.05, 4.69) is 38.9 Å². The molecule has 194 valence electrons. The Morgan fingerprint density at radius 1 is 1.00 bits per heavy atom. The van der Waals surface area contributed by atoms with Crippen molar-refractivity contribution in [2.45, 2.75) is 49.9 Å². The van der Waals surface area contributed by atoms with E-state index in [0.29, 0.717) is 18.5 Å². The Hall–Kier alpha value is -3.58. The molecule has 1 saturated heterocycles. The number of amides is 3. The van der Waals surface area contributed by atoms with Crippen LogP contribution in [0.1, 0.15) is 24.8 Å². The maximum absolute atomic E-state index is 13.1. The minimum atomic E-state index is -1.69. The van der Waals surface area contributed by atoms with E-state index in [9.17, 15) is 29.1 Å². The van der Waals surface area contributed by atoms with Crippen LogP contribution >= 0.6 is 12.6 Å². The second-order valence-corrected chi connectivity index (χ2v) is 8.88. The SMILES string of the molecule is O=C(O)CC(NC(=O)C(Cc1c[nH]c2ccccc12)NC(=O)C(CS)NC(=O)C1CCCN1)C(=O)O. The normalized spacial score (nSPS) is 17.6. The summed E-state index contributed by atoms with van der Waals surface area (Å²) in [5, 5.41) is 29.6. The molecule has 4 atom stereocenters. The predicted molar refractivity (Wildman–Crippen MR) is 133 cm³/mol. The van der Waals surface area contributed by atoms with E-state index in [-0.39, 0.29) is 18.1 Å². The zero-order valence-corrected chi connectivity index (χ0v) is 20.2.